The van der Waals surface area contributed by atoms with E-state index in [1.807, 2.05) is 18.2 Å². The summed E-state index contributed by atoms with van der Waals surface area (Å²) in [6, 6.07) is 8.93. The molecule has 0 fully saturated rings. The molecular weight excluding hydrogens is 224 g/mol. The van der Waals surface area contributed by atoms with Gasteiger partial charge in [0, 0.05) is 23.8 Å². The van der Waals surface area contributed by atoms with Crippen molar-refractivity contribution < 1.29 is 4.79 Å². The average molecular weight is 233 g/mol. The second kappa shape index (κ2) is 4.86. The van der Waals surface area contributed by atoms with E-state index in [1.54, 1.807) is 24.5 Å². The van der Waals surface area contributed by atoms with Crippen LogP contribution in [0.4, 0.5) is 0 Å². The number of hydrogen-bond donors (Lipinski definition) is 0. The first-order valence-electron chi connectivity index (χ1n) is 4.81. The molecule has 2 aromatic rings. The summed E-state index contributed by atoms with van der Waals surface area (Å²) in [7, 11) is 0. The highest BCUT2D eigenvalue weighted by Crippen LogP contribution is 2.16. The van der Waals surface area contributed by atoms with Gasteiger partial charge in [-0.15, -0.1) is 0 Å². The van der Waals surface area contributed by atoms with E-state index in [0.29, 0.717) is 5.02 Å². The van der Waals surface area contributed by atoms with Crippen molar-refractivity contribution in [1.82, 2.24) is 9.97 Å². The van der Waals surface area contributed by atoms with Crippen molar-refractivity contribution in [1.29, 1.82) is 0 Å². The zero-order valence-corrected chi connectivity index (χ0v) is 9.19. The smallest absolute Gasteiger partial charge is 0.204 e. The second-order valence-electron chi connectivity index (χ2n) is 3.26. The summed E-state index contributed by atoms with van der Waals surface area (Å²) in [4.78, 5) is 19.6. The molecule has 0 amide bonds. The van der Waals surface area contributed by atoms with Crippen LogP contribution in [0.3, 0.4) is 0 Å². The van der Waals surface area contributed by atoms with Gasteiger partial charge in [-0.2, -0.15) is 0 Å². The zero-order chi connectivity index (χ0) is 11.4. The van der Waals surface area contributed by atoms with Gasteiger partial charge in [-0.05, 0) is 17.7 Å². The van der Waals surface area contributed by atoms with Crippen molar-refractivity contribution in [2.75, 3.05) is 0 Å². The minimum atomic E-state index is -0.131. The molecule has 4 heteroatoms. The molecule has 0 aliphatic rings. The minimum Gasteiger partial charge on any atom is -0.290 e. The van der Waals surface area contributed by atoms with Gasteiger partial charge < -0.3 is 0 Å². The number of ketones is 1. The molecule has 2 rings (SSSR count). The molecule has 0 aliphatic heterocycles. The van der Waals surface area contributed by atoms with Crippen molar-refractivity contribution in [2.24, 2.45) is 0 Å². The van der Waals surface area contributed by atoms with E-state index in [9.17, 15) is 4.79 Å². The lowest BCUT2D eigenvalue weighted by Crippen LogP contribution is -2.08. The van der Waals surface area contributed by atoms with Crippen LogP contribution in [0.5, 0.6) is 0 Å². The number of rotatable bonds is 3. The summed E-state index contributed by atoms with van der Waals surface area (Å²) in [5, 5.41) is 0.590. The van der Waals surface area contributed by atoms with Crippen LogP contribution in [0.15, 0.2) is 42.7 Å². The fraction of sp³-hybridized carbons (Fsp3) is 0.0833. The molecule has 1 aromatic carbocycles. The standard InChI is InChI=1S/C12H9ClN2O/c13-10-5-2-1-4-9(10)8-11(16)12-14-6-3-7-15-12/h1-7H,8H2. The van der Waals surface area contributed by atoms with Crippen LogP contribution in [0.1, 0.15) is 16.2 Å². The number of aromatic nitrogens is 2. The van der Waals surface area contributed by atoms with E-state index < -0.39 is 0 Å². The number of carbonyl (C=O) groups is 1. The monoisotopic (exact) mass is 232 g/mol. The van der Waals surface area contributed by atoms with Gasteiger partial charge in [0.15, 0.2) is 5.82 Å². The third kappa shape index (κ3) is 2.44. The molecular formula is C12H9ClN2O. The Morgan fingerprint density at radius 1 is 1.12 bits per heavy atom. The van der Waals surface area contributed by atoms with Gasteiger partial charge in [0.25, 0.3) is 0 Å². The van der Waals surface area contributed by atoms with Crippen molar-refractivity contribution >= 4 is 17.4 Å². The third-order valence-corrected chi connectivity index (χ3v) is 2.49. The summed E-state index contributed by atoms with van der Waals surface area (Å²) < 4.78 is 0. The Hall–Kier alpha value is -1.74. The van der Waals surface area contributed by atoms with Crippen LogP contribution in [-0.4, -0.2) is 15.8 Å². The van der Waals surface area contributed by atoms with Gasteiger partial charge >= 0.3 is 0 Å². The highest BCUT2D eigenvalue weighted by molar-refractivity contribution is 6.31. The minimum absolute atomic E-state index is 0.131. The van der Waals surface area contributed by atoms with Gasteiger partial charge in [0.2, 0.25) is 5.78 Å². The van der Waals surface area contributed by atoms with Crippen molar-refractivity contribution in [3.63, 3.8) is 0 Å². The maximum atomic E-state index is 11.8. The van der Waals surface area contributed by atoms with Gasteiger partial charge in [0.1, 0.15) is 0 Å². The number of benzene rings is 1. The summed E-state index contributed by atoms with van der Waals surface area (Å²) in [6.07, 6.45) is 3.32. The Morgan fingerprint density at radius 2 is 1.81 bits per heavy atom. The topological polar surface area (TPSA) is 42.9 Å². The molecule has 0 N–H and O–H groups in total. The van der Waals surface area contributed by atoms with Crippen LogP contribution in [0, 0.1) is 0 Å². The second-order valence-corrected chi connectivity index (χ2v) is 3.67. The molecule has 0 bridgehead atoms. The molecule has 0 spiro atoms. The van der Waals surface area contributed by atoms with Crippen molar-refractivity contribution in [3.8, 4) is 0 Å². The summed E-state index contributed by atoms with van der Waals surface area (Å²) in [6.45, 7) is 0. The number of halogens is 1. The van der Waals surface area contributed by atoms with Gasteiger partial charge in [-0.25, -0.2) is 9.97 Å². The summed E-state index contributed by atoms with van der Waals surface area (Å²) in [5.41, 5.74) is 0.793. The third-order valence-electron chi connectivity index (χ3n) is 2.12. The lowest BCUT2D eigenvalue weighted by atomic mass is 10.1. The van der Waals surface area contributed by atoms with Gasteiger partial charge in [-0.1, -0.05) is 29.8 Å². The van der Waals surface area contributed by atoms with Crippen molar-refractivity contribution in [3.05, 3.63) is 59.1 Å². The largest absolute Gasteiger partial charge is 0.290 e. The molecule has 0 atom stereocenters. The van der Waals surface area contributed by atoms with Gasteiger partial charge in [0.05, 0.1) is 0 Å². The van der Waals surface area contributed by atoms with E-state index in [1.165, 1.54) is 0 Å². The Kier molecular flexibility index (Phi) is 3.27. The first-order valence-corrected chi connectivity index (χ1v) is 5.19. The van der Waals surface area contributed by atoms with E-state index in [2.05, 4.69) is 9.97 Å². The molecule has 0 aliphatic carbocycles. The zero-order valence-electron chi connectivity index (χ0n) is 8.43. The maximum absolute atomic E-state index is 11.8. The molecule has 80 valence electrons. The first-order chi connectivity index (χ1) is 7.77. The lowest BCUT2D eigenvalue weighted by Gasteiger charge is -2.01. The molecule has 1 heterocycles. The van der Waals surface area contributed by atoms with Crippen molar-refractivity contribution in [2.45, 2.75) is 6.42 Å². The highest BCUT2D eigenvalue weighted by Gasteiger charge is 2.10. The predicted molar refractivity (Wildman–Crippen MR) is 61.5 cm³/mol. The Bertz CT molecular complexity index is 499. The summed E-state index contributed by atoms with van der Waals surface area (Å²) >= 11 is 5.96. The van der Waals surface area contributed by atoms with Crippen LogP contribution < -0.4 is 0 Å². The number of nitrogens with zero attached hydrogens (tertiary/aromatic N) is 2. The first kappa shape index (κ1) is 10.8. The molecule has 16 heavy (non-hydrogen) atoms. The number of carbonyl (C=O) groups excluding carboxylic acids is 1. The Balaban J connectivity index is 2.18. The summed E-state index contributed by atoms with van der Waals surface area (Å²) in [5.74, 6) is 0.0936. The lowest BCUT2D eigenvalue weighted by molar-refractivity contribution is 0.0983. The van der Waals surface area contributed by atoms with Gasteiger partial charge in [-0.3, -0.25) is 4.79 Å². The number of Topliss-reactive ketones (excluding diaryl/α,β-unsaturated/α-hetero) is 1. The quantitative estimate of drug-likeness (QED) is 0.764. The number of hydrogen-bond acceptors (Lipinski definition) is 3. The molecule has 0 unspecified atom stereocenters. The van der Waals surface area contributed by atoms with E-state index >= 15 is 0 Å². The van der Waals surface area contributed by atoms with E-state index in [0.717, 1.165) is 5.56 Å². The molecule has 1 aromatic heterocycles. The van der Waals surface area contributed by atoms with Crippen LogP contribution in [0.25, 0.3) is 0 Å². The Morgan fingerprint density at radius 3 is 2.50 bits per heavy atom. The molecule has 3 nitrogen and oxygen atoms in total. The fourth-order valence-corrected chi connectivity index (χ4v) is 1.54. The molecule has 0 saturated heterocycles. The Labute approximate surface area is 98.1 Å². The average Bonchev–Trinajstić information content (AvgIpc) is 2.33. The highest BCUT2D eigenvalue weighted by atomic mass is 35.5. The maximum Gasteiger partial charge on any atom is 0.204 e. The van der Waals surface area contributed by atoms with Crippen LogP contribution in [-0.2, 0) is 6.42 Å². The molecule has 0 saturated carbocycles. The van der Waals surface area contributed by atoms with Crippen LogP contribution >= 0.6 is 11.6 Å². The molecule has 0 radical (unpaired) electrons. The SMILES string of the molecule is O=C(Cc1ccccc1Cl)c1ncccn1. The fourth-order valence-electron chi connectivity index (χ4n) is 1.34. The van der Waals surface area contributed by atoms with E-state index in [-0.39, 0.29) is 18.0 Å². The van der Waals surface area contributed by atoms with E-state index in [4.69, 9.17) is 11.6 Å². The normalized spacial score (nSPS) is 10.1. The van der Waals surface area contributed by atoms with Crippen LogP contribution in [0.2, 0.25) is 5.02 Å². The predicted octanol–water partition coefficient (Wildman–Crippen LogP) is 2.56.